The lowest BCUT2D eigenvalue weighted by atomic mass is 9.95. The van der Waals surface area contributed by atoms with Crippen LogP contribution in [0.1, 0.15) is 21.5 Å². The maximum absolute atomic E-state index is 12.3. The van der Waals surface area contributed by atoms with Gasteiger partial charge in [-0.25, -0.2) is 4.79 Å². The summed E-state index contributed by atoms with van der Waals surface area (Å²) in [5, 5.41) is 9.13. The summed E-state index contributed by atoms with van der Waals surface area (Å²) >= 11 is 0. The zero-order chi connectivity index (χ0) is 16.5. The van der Waals surface area contributed by atoms with Crippen LogP contribution in [0.15, 0.2) is 36.4 Å². The van der Waals surface area contributed by atoms with Gasteiger partial charge in [0.15, 0.2) is 0 Å². The fourth-order valence-electron chi connectivity index (χ4n) is 2.34. The molecule has 3 nitrogen and oxygen atoms in total. The predicted molar refractivity (Wildman–Crippen MR) is 75.0 cm³/mol. The van der Waals surface area contributed by atoms with E-state index in [1.54, 1.807) is 32.0 Å². The molecular weight excluding hydrogens is 297 g/mol. The van der Waals surface area contributed by atoms with Crippen molar-refractivity contribution in [2.75, 3.05) is 0 Å². The Balaban J connectivity index is 2.45. The Morgan fingerprint density at radius 3 is 2.14 bits per heavy atom. The summed E-state index contributed by atoms with van der Waals surface area (Å²) < 4.78 is 40.7. The van der Waals surface area contributed by atoms with E-state index in [0.29, 0.717) is 22.3 Å². The third-order valence-corrected chi connectivity index (χ3v) is 3.15. The molecule has 0 radical (unpaired) electrons. The van der Waals surface area contributed by atoms with Gasteiger partial charge < -0.3 is 9.84 Å². The van der Waals surface area contributed by atoms with Crippen LogP contribution in [-0.2, 0) is 0 Å². The summed E-state index contributed by atoms with van der Waals surface area (Å²) in [5.74, 6) is -1.35. The van der Waals surface area contributed by atoms with Gasteiger partial charge in [-0.05, 0) is 48.2 Å². The van der Waals surface area contributed by atoms with E-state index >= 15 is 0 Å². The molecule has 0 fully saturated rings. The number of hydrogen-bond acceptors (Lipinski definition) is 2. The van der Waals surface area contributed by atoms with Crippen LogP contribution < -0.4 is 4.74 Å². The third-order valence-electron chi connectivity index (χ3n) is 3.15. The number of carboxylic acids is 1. The van der Waals surface area contributed by atoms with Gasteiger partial charge in [0, 0.05) is 0 Å². The van der Waals surface area contributed by atoms with E-state index in [-0.39, 0.29) is 11.3 Å². The predicted octanol–water partition coefficient (Wildman–Crippen LogP) is 4.57. The molecule has 6 heteroatoms. The molecule has 0 aliphatic carbocycles. The van der Waals surface area contributed by atoms with Crippen LogP contribution in [0.4, 0.5) is 13.2 Å². The number of benzene rings is 2. The van der Waals surface area contributed by atoms with Crippen molar-refractivity contribution in [1.29, 1.82) is 0 Å². The second kappa shape index (κ2) is 5.71. The van der Waals surface area contributed by atoms with Crippen LogP contribution in [0.3, 0.4) is 0 Å². The van der Waals surface area contributed by atoms with Gasteiger partial charge in [0.2, 0.25) is 0 Å². The molecule has 2 aromatic rings. The first-order valence-electron chi connectivity index (χ1n) is 6.38. The van der Waals surface area contributed by atoms with E-state index in [9.17, 15) is 18.0 Å². The number of alkyl halides is 3. The van der Waals surface area contributed by atoms with Crippen LogP contribution in [0.2, 0.25) is 0 Å². The topological polar surface area (TPSA) is 46.5 Å². The maximum atomic E-state index is 12.3. The Hall–Kier alpha value is -2.50. The normalized spacial score (nSPS) is 11.3. The number of aromatic carboxylic acids is 1. The molecule has 0 aliphatic rings. The molecule has 0 aromatic heterocycles. The molecule has 2 rings (SSSR count). The number of aryl methyl sites for hydroxylation is 2. The molecule has 0 aliphatic heterocycles. The molecule has 116 valence electrons. The average molecular weight is 310 g/mol. The van der Waals surface area contributed by atoms with E-state index < -0.39 is 12.3 Å². The van der Waals surface area contributed by atoms with E-state index in [4.69, 9.17) is 5.11 Å². The Labute approximate surface area is 125 Å². The molecule has 22 heavy (non-hydrogen) atoms. The summed E-state index contributed by atoms with van der Waals surface area (Å²) in [6.45, 7) is 3.30. The molecule has 0 saturated carbocycles. The van der Waals surface area contributed by atoms with E-state index in [0.717, 1.165) is 0 Å². The van der Waals surface area contributed by atoms with Gasteiger partial charge in [-0.3, -0.25) is 0 Å². The van der Waals surface area contributed by atoms with Crippen molar-refractivity contribution in [3.05, 3.63) is 53.1 Å². The molecule has 0 unspecified atom stereocenters. The summed E-state index contributed by atoms with van der Waals surface area (Å²) in [6, 6.07) is 8.82. The minimum atomic E-state index is -4.75. The largest absolute Gasteiger partial charge is 0.573 e. The van der Waals surface area contributed by atoms with Crippen LogP contribution >= 0.6 is 0 Å². The van der Waals surface area contributed by atoms with E-state index in [1.807, 2.05) is 0 Å². The van der Waals surface area contributed by atoms with Crippen molar-refractivity contribution in [2.24, 2.45) is 0 Å². The standard InChI is InChI=1S/C16H13F3O3/c1-9-6-12(7-10(2)14(9)15(20)21)11-4-3-5-13(8-11)22-16(17,18)19/h3-8H,1-2H3,(H,20,21). The zero-order valence-electron chi connectivity index (χ0n) is 11.9. The van der Waals surface area contributed by atoms with Crippen molar-refractivity contribution >= 4 is 5.97 Å². The number of carbonyl (C=O) groups is 1. The lowest BCUT2D eigenvalue weighted by molar-refractivity contribution is -0.274. The third kappa shape index (κ3) is 3.58. The first-order chi connectivity index (χ1) is 10.2. The molecule has 0 spiro atoms. The first kappa shape index (κ1) is 15.9. The van der Waals surface area contributed by atoms with Crippen molar-refractivity contribution in [3.8, 4) is 16.9 Å². The monoisotopic (exact) mass is 310 g/mol. The molecule has 1 N–H and O–H groups in total. The highest BCUT2D eigenvalue weighted by molar-refractivity contribution is 5.92. The number of halogens is 3. The highest BCUT2D eigenvalue weighted by Gasteiger charge is 2.31. The van der Waals surface area contributed by atoms with E-state index in [2.05, 4.69) is 4.74 Å². The Morgan fingerprint density at radius 2 is 1.64 bits per heavy atom. The van der Waals surface area contributed by atoms with Crippen molar-refractivity contribution in [3.63, 3.8) is 0 Å². The Morgan fingerprint density at radius 1 is 1.05 bits per heavy atom. The molecule has 2 aromatic carbocycles. The van der Waals surface area contributed by atoms with Crippen LogP contribution in [-0.4, -0.2) is 17.4 Å². The summed E-state index contributed by atoms with van der Waals surface area (Å²) in [4.78, 5) is 11.2. The number of carboxylic acid groups (broad SMARTS) is 1. The van der Waals surface area contributed by atoms with Gasteiger partial charge in [-0.2, -0.15) is 0 Å². The number of hydrogen-bond donors (Lipinski definition) is 1. The van der Waals surface area contributed by atoms with Crippen LogP contribution in [0.25, 0.3) is 11.1 Å². The molecule has 0 bridgehead atoms. The van der Waals surface area contributed by atoms with Gasteiger partial charge in [-0.1, -0.05) is 24.3 Å². The second-order valence-corrected chi connectivity index (χ2v) is 4.87. The number of ether oxygens (including phenoxy) is 1. The summed E-state index contributed by atoms with van der Waals surface area (Å²) in [6.07, 6.45) is -4.75. The SMILES string of the molecule is Cc1cc(-c2cccc(OC(F)(F)F)c2)cc(C)c1C(=O)O. The van der Waals surface area contributed by atoms with Gasteiger partial charge in [-0.15, -0.1) is 13.2 Å². The maximum Gasteiger partial charge on any atom is 0.573 e. The minimum Gasteiger partial charge on any atom is -0.478 e. The highest BCUT2D eigenvalue weighted by atomic mass is 19.4. The van der Waals surface area contributed by atoms with E-state index in [1.165, 1.54) is 18.2 Å². The lowest BCUT2D eigenvalue weighted by Gasteiger charge is -2.12. The Bertz CT molecular complexity index is 698. The summed E-state index contributed by atoms with van der Waals surface area (Å²) in [5.41, 5.74) is 2.44. The fraction of sp³-hybridized carbons (Fsp3) is 0.188. The minimum absolute atomic E-state index is 0.200. The van der Waals surface area contributed by atoms with Crippen LogP contribution in [0, 0.1) is 13.8 Å². The van der Waals surface area contributed by atoms with Gasteiger partial charge in [0.25, 0.3) is 0 Å². The molecule has 0 amide bonds. The highest BCUT2D eigenvalue weighted by Crippen LogP contribution is 2.30. The average Bonchev–Trinajstić information content (AvgIpc) is 2.35. The molecule has 0 heterocycles. The smallest absolute Gasteiger partial charge is 0.478 e. The molecule has 0 atom stereocenters. The van der Waals surface area contributed by atoms with Crippen LogP contribution in [0.5, 0.6) is 5.75 Å². The molecule has 0 saturated heterocycles. The fourth-order valence-corrected chi connectivity index (χ4v) is 2.34. The second-order valence-electron chi connectivity index (χ2n) is 4.87. The quantitative estimate of drug-likeness (QED) is 0.903. The lowest BCUT2D eigenvalue weighted by Crippen LogP contribution is -2.17. The molecular formula is C16H13F3O3. The van der Waals surface area contributed by atoms with Gasteiger partial charge in [0.05, 0.1) is 5.56 Å². The van der Waals surface area contributed by atoms with Gasteiger partial charge in [0.1, 0.15) is 5.75 Å². The number of rotatable bonds is 3. The summed E-state index contributed by atoms with van der Waals surface area (Å²) in [7, 11) is 0. The Kier molecular flexibility index (Phi) is 4.12. The zero-order valence-corrected chi connectivity index (χ0v) is 11.9. The van der Waals surface area contributed by atoms with Crippen molar-refractivity contribution < 1.29 is 27.8 Å². The van der Waals surface area contributed by atoms with Crippen molar-refractivity contribution in [1.82, 2.24) is 0 Å². The van der Waals surface area contributed by atoms with Crippen molar-refractivity contribution in [2.45, 2.75) is 20.2 Å². The first-order valence-corrected chi connectivity index (χ1v) is 6.38. The van der Waals surface area contributed by atoms with Gasteiger partial charge >= 0.3 is 12.3 Å².